The molecule has 452 valence electrons. The first-order chi connectivity index (χ1) is 36.4. The van der Waals surface area contributed by atoms with E-state index in [1.165, 1.54) is 0 Å². The van der Waals surface area contributed by atoms with Gasteiger partial charge in [0.2, 0.25) is 0 Å². The molecule has 4 heterocycles. The van der Waals surface area contributed by atoms with Gasteiger partial charge in [-0.25, -0.2) is 0 Å². The number of rotatable bonds is 17. The van der Waals surface area contributed by atoms with Gasteiger partial charge in [-0.15, -0.1) is 0 Å². The van der Waals surface area contributed by atoms with Crippen molar-refractivity contribution in [3.05, 3.63) is 11.6 Å². The van der Waals surface area contributed by atoms with Crippen LogP contribution in [0, 0.1) is 45.3 Å². The maximum atomic E-state index is 12.7. The summed E-state index contributed by atoms with van der Waals surface area (Å²) >= 11 is 0. The molecule has 0 amide bonds. The summed E-state index contributed by atoms with van der Waals surface area (Å²) in [6.45, 7) is 13.6. The average Bonchev–Trinajstić information content (AvgIpc) is 2.93. The Labute approximate surface area is 455 Å². The zero-order chi connectivity index (χ0) is 57.5. The molecule has 0 bridgehead atoms. The third-order valence-corrected chi connectivity index (χ3v) is 20.8. The largest absolute Gasteiger partial charge is 0.394 e. The van der Waals surface area contributed by atoms with Crippen LogP contribution in [-0.2, 0) is 37.9 Å². The van der Waals surface area contributed by atoms with Crippen molar-refractivity contribution in [3.63, 3.8) is 0 Å². The van der Waals surface area contributed by atoms with Gasteiger partial charge in [-0.2, -0.15) is 0 Å². The van der Waals surface area contributed by atoms with Gasteiger partial charge in [-0.1, -0.05) is 53.2 Å². The monoisotopic (exact) mass is 1120 g/mol. The van der Waals surface area contributed by atoms with E-state index in [2.05, 4.69) is 47.6 Å². The molecular formula is C54H92O24. The molecule has 4 aliphatic heterocycles. The molecule has 24 heteroatoms. The fourth-order valence-corrected chi connectivity index (χ4v) is 15.6. The van der Waals surface area contributed by atoms with Crippen LogP contribution in [0.2, 0.25) is 0 Å². The highest BCUT2D eigenvalue weighted by atomic mass is 16.8. The van der Waals surface area contributed by atoms with Gasteiger partial charge < -0.3 is 120 Å². The van der Waals surface area contributed by atoms with Crippen LogP contribution < -0.4 is 0 Å². The van der Waals surface area contributed by atoms with E-state index in [0.717, 1.165) is 18.4 Å². The number of aliphatic hydroxyl groups is 16. The minimum Gasteiger partial charge on any atom is -0.394 e. The number of aliphatic hydroxyl groups excluding tert-OH is 15. The average molecular weight is 1130 g/mol. The second-order valence-electron chi connectivity index (χ2n) is 25.9. The summed E-state index contributed by atoms with van der Waals surface area (Å²) in [5, 5.41) is 172. The summed E-state index contributed by atoms with van der Waals surface area (Å²) in [5.41, 5.74) is -2.12. The Balaban J connectivity index is 0.940. The molecule has 8 aliphatic rings. The van der Waals surface area contributed by atoms with Crippen molar-refractivity contribution in [2.45, 2.75) is 253 Å². The van der Waals surface area contributed by atoms with Gasteiger partial charge >= 0.3 is 0 Å². The fourth-order valence-electron chi connectivity index (χ4n) is 15.6. The van der Waals surface area contributed by atoms with Crippen LogP contribution in [0.15, 0.2) is 11.6 Å². The topological polar surface area (TPSA) is 398 Å². The lowest BCUT2D eigenvalue weighted by molar-refractivity contribution is -0.375. The highest BCUT2D eigenvalue weighted by molar-refractivity contribution is 5.32. The predicted octanol–water partition coefficient (Wildman–Crippen LogP) is -3.23. The lowest BCUT2D eigenvalue weighted by Crippen LogP contribution is -2.65. The van der Waals surface area contributed by atoms with Gasteiger partial charge in [0.05, 0.1) is 50.3 Å². The quantitative estimate of drug-likeness (QED) is 0.0637. The van der Waals surface area contributed by atoms with E-state index in [1.54, 1.807) is 13.8 Å². The second kappa shape index (κ2) is 23.7. The number of allylic oxidation sites excluding steroid dienone is 1. The first-order valence-corrected chi connectivity index (χ1v) is 28.0. The predicted molar refractivity (Wildman–Crippen MR) is 268 cm³/mol. The highest BCUT2D eigenvalue weighted by Crippen LogP contribution is 2.75. The molecule has 0 radical (unpaired) electrons. The van der Waals surface area contributed by atoms with Gasteiger partial charge in [0, 0.05) is 10.8 Å². The lowest BCUT2D eigenvalue weighted by atomic mass is 9.38. The molecule has 0 unspecified atom stereocenters. The Bertz CT molecular complexity index is 2030. The van der Waals surface area contributed by atoms with E-state index < -0.39 is 184 Å². The van der Waals surface area contributed by atoms with Crippen molar-refractivity contribution >= 4 is 0 Å². The van der Waals surface area contributed by atoms with Crippen molar-refractivity contribution in [3.8, 4) is 0 Å². The molecule has 30 atom stereocenters. The van der Waals surface area contributed by atoms with Crippen molar-refractivity contribution in [2.75, 3.05) is 26.4 Å². The van der Waals surface area contributed by atoms with Gasteiger partial charge in [0.1, 0.15) is 97.7 Å². The van der Waals surface area contributed by atoms with Crippen molar-refractivity contribution in [1.82, 2.24) is 0 Å². The molecule has 78 heavy (non-hydrogen) atoms. The maximum absolute atomic E-state index is 12.7. The summed E-state index contributed by atoms with van der Waals surface area (Å²) in [7, 11) is 0. The Morgan fingerprint density at radius 2 is 1.09 bits per heavy atom. The van der Waals surface area contributed by atoms with Crippen LogP contribution in [-0.4, -0.2) is 255 Å². The minimum absolute atomic E-state index is 0.0338. The number of fused-ring (bicyclic) bond motifs is 5. The highest BCUT2D eigenvalue weighted by Gasteiger charge is 2.70. The minimum atomic E-state index is -1.85. The standard InChI is InChI=1S/C54H92O24/c1-22(9-13-33(51(4,5)70)77-49-45(41(66)36(61)28(20-57)74-49)78-48-44(69)39(64)35(60)27(19-56)73-48)23-15-16-52(6)30-12-10-24-25(54(30,8)31(58)17-53(23,52)7)11-14-32(50(24,2)3)76-47-43(68)40(65)37(62)29(75-47)21-71-46-42(67)38(63)34(59)26(18-55)72-46/h10,22-23,25-49,55-70H,9,11-21H2,1-8H3/t22-,23-,25-,26-,27-,28-,29-,30+,31-,32+,33-,34-,35-,36-,37-,38+,39+,40+,41+,42-,43-,44-,45-,46-,47+,48+,49+,52+,53-,54+/m1/s1. The maximum Gasteiger partial charge on any atom is 0.187 e. The molecule has 0 aromatic carbocycles. The Morgan fingerprint density at radius 3 is 1.65 bits per heavy atom. The summed E-state index contributed by atoms with van der Waals surface area (Å²) in [4.78, 5) is 0. The Morgan fingerprint density at radius 1 is 0.590 bits per heavy atom. The molecule has 0 aromatic heterocycles. The summed E-state index contributed by atoms with van der Waals surface area (Å²) in [5.74, 6) is 0.236. The van der Waals surface area contributed by atoms with E-state index >= 15 is 0 Å². The molecule has 4 aliphatic carbocycles. The Hall–Kier alpha value is -1.22. The second-order valence-corrected chi connectivity index (χ2v) is 25.9. The van der Waals surface area contributed by atoms with Crippen LogP contribution >= 0.6 is 0 Å². The normalized spacial score (nSPS) is 51.4. The zero-order valence-electron chi connectivity index (χ0n) is 46.1. The van der Waals surface area contributed by atoms with E-state index in [1.807, 2.05) is 0 Å². The van der Waals surface area contributed by atoms with Crippen molar-refractivity contribution in [2.24, 2.45) is 45.3 Å². The van der Waals surface area contributed by atoms with Gasteiger partial charge in [0.25, 0.3) is 0 Å². The third kappa shape index (κ3) is 11.0. The number of ether oxygens (including phenoxy) is 8. The number of hydrogen-bond donors (Lipinski definition) is 16. The van der Waals surface area contributed by atoms with Gasteiger partial charge in [-0.05, 0) is 99.7 Å². The van der Waals surface area contributed by atoms with E-state index in [-0.39, 0.29) is 40.9 Å². The molecule has 4 saturated heterocycles. The third-order valence-electron chi connectivity index (χ3n) is 20.8. The number of hydrogen-bond acceptors (Lipinski definition) is 24. The summed E-state index contributed by atoms with van der Waals surface area (Å²) in [6.07, 6.45) is -26.9. The van der Waals surface area contributed by atoms with E-state index in [4.69, 9.17) is 37.9 Å². The fraction of sp³-hybridized carbons (Fsp3) is 0.963. The lowest BCUT2D eigenvalue weighted by Gasteiger charge is -2.67. The van der Waals surface area contributed by atoms with Crippen LogP contribution in [0.4, 0.5) is 0 Å². The molecule has 16 N–H and O–H groups in total. The van der Waals surface area contributed by atoms with Crippen LogP contribution in [0.5, 0.6) is 0 Å². The van der Waals surface area contributed by atoms with Gasteiger partial charge in [0.15, 0.2) is 25.2 Å². The first-order valence-electron chi connectivity index (χ1n) is 28.0. The molecule has 7 fully saturated rings. The van der Waals surface area contributed by atoms with Gasteiger partial charge in [-0.3, -0.25) is 0 Å². The van der Waals surface area contributed by atoms with Crippen LogP contribution in [0.1, 0.15) is 107 Å². The molecule has 8 rings (SSSR count). The smallest absolute Gasteiger partial charge is 0.187 e. The zero-order valence-corrected chi connectivity index (χ0v) is 46.1. The first kappa shape index (κ1) is 62.8. The summed E-state index contributed by atoms with van der Waals surface area (Å²) < 4.78 is 47.5. The molecular weight excluding hydrogens is 1030 g/mol. The molecule has 24 nitrogen and oxygen atoms in total. The Kier molecular flexibility index (Phi) is 19.1. The van der Waals surface area contributed by atoms with Crippen LogP contribution in [0.25, 0.3) is 0 Å². The molecule has 3 saturated carbocycles. The van der Waals surface area contributed by atoms with E-state index in [0.29, 0.717) is 32.1 Å². The molecule has 0 aromatic rings. The van der Waals surface area contributed by atoms with Crippen molar-refractivity contribution < 1.29 is 120 Å². The molecule has 0 spiro atoms. The van der Waals surface area contributed by atoms with Crippen molar-refractivity contribution in [1.29, 1.82) is 0 Å². The SMILES string of the molecule is C[C@H](CC[C@@H](O[C@@H]1O[C@H](CO)[C@@H](O)[C@H](O)[C@H]1O[C@@H]1O[C@H](CO)[C@@H](O)[C@H](O)[C@H]1O)C(C)(C)O)[C@H]1CC[C@@]2(C)[C@@H]3CC=C4[C@@H](CC[C@H](O[C@@H]5O[C@H](CO[C@@H]6O[C@H](CO)[C@@H](O)[C@H](O)[C@H]6O)[C@@H](O)[C@H](O)[C@H]5O)C4(C)C)[C@]3(C)[C@H](O)C[C@]12C. The van der Waals surface area contributed by atoms with E-state index in [9.17, 15) is 81.7 Å². The summed E-state index contributed by atoms with van der Waals surface area (Å²) in [6, 6.07) is 0. The van der Waals surface area contributed by atoms with Crippen LogP contribution in [0.3, 0.4) is 0 Å².